The molecule has 0 aliphatic rings. The van der Waals surface area contributed by atoms with E-state index < -0.39 is 0 Å². The molecule has 22 heavy (non-hydrogen) atoms. The zero-order valence-corrected chi connectivity index (χ0v) is 13.3. The van der Waals surface area contributed by atoms with Gasteiger partial charge in [0.25, 0.3) is 0 Å². The highest BCUT2D eigenvalue weighted by Crippen LogP contribution is 2.21. The Kier molecular flexibility index (Phi) is 5.67. The summed E-state index contributed by atoms with van der Waals surface area (Å²) in [5.41, 5.74) is 3.04. The summed E-state index contributed by atoms with van der Waals surface area (Å²) in [6, 6.07) is 11.1. The molecule has 0 heterocycles. The molecule has 0 saturated carbocycles. The highest BCUT2D eigenvalue weighted by atomic mass is 35.5. The van der Waals surface area contributed by atoms with Crippen LogP contribution < -0.4 is 9.47 Å². The molecule has 5 heteroatoms. The van der Waals surface area contributed by atoms with E-state index >= 15 is 0 Å². The normalized spacial score (nSPS) is 10.9. The van der Waals surface area contributed by atoms with E-state index in [9.17, 15) is 0 Å². The summed E-state index contributed by atoms with van der Waals surface area (Å²) >= 11 is 5.90. The topological polar surface area (TPSA) is 51.0 Å². The lowest BCUT2D eigenvalue weighted by Crippen LogP contribution is -2.10. The van der Waals surface area contributed by atoms with E-state index in [1.54, 1.807) is 18.2 Å². The van der Waals surface area contributed by atoms with Crippen molar-refractivity contribution in [2.45, 2.75) is 13.8 Å². The van der Waals surface area contributed by atoms with Gasteiger partial charge >= 0.3 is 0 Å². The molecule has 4 nitrogen and oxygen atoms in total. The number of aryl methyl sites for hydroxylation is 2. The van der Waals surface area contributed by atoms with Crippen LogP contribution in [0.3, 0.4) is 0 Å². The van der Waals surface area contributed by atoms with E-state index in [2.05, 4.69) is 12.1 Å². The van der Waals surface area contributed by atoms with Crippen molar-refractivity contribution in [3.05, 3.63) is 58.1 Å². The number of hydrogen-bond acceptors (Lipinski definition) is 4. The van der Waals surface area contributed by atoms with Gasteiger partial charge in [-0.3, -0.25) is 0 Å². The van der Waals surface area contributed by atoms with Crippen LogP contribution in [-0.2, 0) is 0 Å². The van der Waals surface area contributed by atoms with Crippen molar-refractivity contribution in [1.29, 1.82) is 0 Å². The number of ether oxygens (including phenoxy) is 2. The number of halogens is 1. The van der Waals surface area contributed by atoms with Crippen LogP contribution in [-0.4, -0.2) is 24.6 Å². The molecule has 0 bridgehead atoms. The minimum Gasteiger partial charge on any atom is -0.490 e. The van der Waals surface area contributed by atoms with Crippen molar-refractivity contribution in [3.8, 4) is 11.5 Å². The van der Waals surface area contributed by atoms with Gasteiger partial charge in [0.15, 0.2) is 0 Å². The van der Waals surface area contributed by atoms with Crippen molar-refractivity contribution in [2.75, 3.05) is 13.2 Å². The molecule has 0 radical (unpaired) electrons. The van der Waals surface area contributed by atoms with Gasteiger partial charge in [0.1, 0.15) is 24.7 Å². The van der Waals surface area contributed by atoms with Gasteiger partial charge in [-0.05, 0) is 55.3 Å². The van der Waals surface area contributed by atoms with Crippen LogP contribution in [0.2, 0.25) is 5.02 Å². The Hall–Kier alpha value is -2.20. The van der Waals surface area contributed by atoms with Gasteiger partial charge in [0.05, 0.1) is 6.21 Å². The van der Waals surface area contributed by atoms with Crippen LogP contribution >= 0.6 is 11.6 Å². The maximum absolute atomic E-state index is 8.65. The Morgan fingerprint density at radius 3 is 2.55 bits per heavy atom. The molecule has 116 valence electrons. The zero-order chi connectivity index (χ0) is 15.9. The smallest absolute Gasteiger partial charge is 0.128 e. The van der Waals surface area contributed by atoms with Gasteiger partial charge in [0, 0.05) is 10.6 Å². The van der Waals surface area contributed by atoms with Crippen LogP contribution in [0.5, 0.6) is 11.5 Å². The monoisotopic (exact) mass is 319 g/mol. The molecule has 0 aliphatic carbocycles. The van der Waals surface area contributed by atoms with E-state index in [0.29, 0.717) is 29.5 Å². The lowest BCUT2D eigenvalue weighted by Gasteiger charge is -2.11. The molecule has 0 atom stereocenters. The van der Waals surface area contributed by atoms with Crippen LogP contribution in [0.4, 0.5) is 0 Å². The summed E-state index contributed by atoms with van der Waals surface area (Å²) in [6.45, 7) is 4.90. The van der Waals surface area contributed by atoms with Crippen LogP contribution in [0.1, 0.15) is 16.7 Å². The zero-order valence-electron chi connectivity index (χ0n) is 12.5. The Labute approximate surface area is 134 Å². The average molecular weight is 320 g/mol. The van der Waals surface area contributed by atoms with Crippen molar-refractivity contribution in [1.82, 2.24) is 0 Å². The molecule has 2 rings (SSSR count). The lowest BCUT2D eigenvalue weighted by atomic mass is 10.1. The van der Waals surface area contributed by atoms with E-state index in [1.165, 1.54) is 17.3 Å². The van der Waals surface area contributed by atoms with Gasteiger partial charge < -0.3 is 14.7 Å². The molecular formula is C17H18ClNO3. The Balaban J connectivity index is 1.90. The fourth-order valence-electron chi connectivity index (χ4n) is 1.93. The van der Waals surface area contributed by atoms with Crippen molar-refractivity contribution in [3.63, 3.8) is 0 Å². The summed E-state index contributed by atoms with van der Waals surface area (Å²) in [4.78, 5) is 0. The van der Waals surface area contributed by atoms with Gasteiger partial charge in [-0.25, -0.2) is 0 Å². The summed E-state index contributed by atoms with van der Waals surface area (Å²) < 4.78 is 11.3. The molecule has 0 amide bonds. The number of hydrogen-bond donors (Lipinski definition) is 1. The molecule has 0 spiro atoms. The highest BCUT2D eigenvalue weighted by Gasteiger charge is 2.04. The van der Waals surface area contributed by atoms with Gasteiger partial charge in [-0.1, -0.05) is 22.8 Å². The van der Waals surface area contributed by atoms with Crippen LogP contribution in [0.15, 0.2) is 41.6 Å². The first kappa shape index (κ1) is 16.2. The third kappa shape index (κ3) is 4.40. The fourth-order valence-corrected chi connectivity index (χ4v) is 2.11. The standard InChI is InChI=1S/C17H18ClNO3/c1-12-3-5-16(9-13(12)2)21-7-8-22-17-6-4-15(18)10-14(17)11-19-20/h3-6,9-11,20H,7-8H2,1-2H3. The number of rotatable bonds is 6. The van der Waals surface area contributed by atoms with Crippen LogP contribution in [0.25, 0.3) is 0 Å². The second-order valence-electron chi connectivity index (χ2n) is 4.87. The molecule has 0 aromatic heterocycles. The van der Waals surface area contributed by atoms with E-state index in [1.807, 2.05) is 25.1 Å². The Morgan fingerprint density at radius 1 is 1.05 bits per heavy atom. The molecular weight excluding hydrogens is 302 g/mol. The summed E-state index contributed by atoms with van der Waals surface area (Å²) in [7, 11) is 0. The second kappa shape index (κ2) is 7.71. The third-order valence-electron chi connectivity index (χ3n) is 3.26. The number of nitrogens with zero attached hydrogens (tertiary/aromatic N) is 1. The molecule has 2 aromatic rings. The first-order valence-electron chi connectivity index (χ1n) is 6.90. The fraction of sp³-hybridized carbons (Fsp3) is 0.235. The lowest BCUT2D eigenvalue weighted by molar-refractivity contribution is 0.217. The van der Waals surface area contributed by atoms with E-state index in [0.717, 1.165) is 5.75 Å². The van der Waals surface area contributed by atoms with Gasteiger partial charge in [0.2, 0.25) is 0 Å². The highest BCUT2D eigenvalue weighted by molar-refractivity contribution is 6.30. The Morgan fingerprint density at radius 2 is 1.82 bits per heavy atom. The third-order valence-corrected chi connectivity index (χ3v) is 3.49. The summed E-state index contributed by atoms with van der Waals surface area (Å²) in [5.74, 6) is 1.41. The molecule has 0 aliphatic heterocycles. The molecule has 0 fully saturated rings. The molecule has 2 aromatic carbocycles. The van der Waals surface area contributed by atoms with Crippen molar-refractivity contribution < 1.29 is 14.7 Å². The van der Waals surface area contributed by atoms with Crippen molar-refractivity contribution >= 4 is 17.8 Å². The van der Waals surface area contributed by atoms with Crippen LogP contribution in [0, 0.1) is 13.8 Å². The molecule has 0 unspecified atom stereocenters. The molecule has 1 N–H and O–H groups in total. The summed E-state index contributed by atoms with van der Waals surface area (Å²) in [6.07, 6.45) is 1.28. The van der Waals surface area contributed by atoms with E-state index in [-0.39, 0.29) is 0 Å². The minimum absolute atomic E-state index is 0.376. The average Bonchev–Trinajstić information content (AvgIpc) is 2.49. The Bertz CT molecular complexity index is 671. The first-order chi connectivity index (χ1) is 10.6. The quantitative estimate of drug-likeness (QED) is 0.375. The largest absolute Gasteiger partial charge is 0.490 e. The maximum Gasteiger partial charge on any atom is 0.128 e. The predicted molar refractivity (Wildman–Crippen MR) is 87.7 cm³/mol. The second-order valence-corrected chi connectivity index (χ2v) is 5.31. The van der Waals surface area contributed by atoms with Crippen molar-refractivity contribution in [2.24, 2.45) is 5.16 Å². The molecule has 0 saturated heterocycles. The summed E-state index contributed by atoms with van der Waals surface area (Å²) in [5, 5.41) is 12.2. The number of benzene rings is 2. The minimum atomic E-state index is 0.376. The van der Waals surface area contributed by atoms with E-state index in [4.69, 9.17) is 26.3 Å². The SMILES string of the molecule is Cc1ccc(OCCOc2ccc(Cl)cc2C=NO)cc1C. The number of oxime groups is 1. The van der Waals surface area contributed by atoms with Gasteiger partial charge in [-0.15, -0.1) is 0 Å². The first-order valence-corrected chi connectivity index (χ1v) is 7.28. The van der Waals surface area contributed by atoms with Gasteiger partial charge in [-0.2, -0.15) is 0 Å². The predicted octanol–water partition coefficient (Wildman–Crippen LogP) is 4.22. The maximum atomic E-state index is 8.65.